The van der Waals surface area contributed by atoms with Gasteiger partial charge in [-0.3, -0.25) is 9.59 Å². The first-order valence-electron chi connectivity index (χ1n) is 11.7. The number of para-hydroxylation sites is 1. The number of nitrogens with zero attached hydrogens (tertiary/aromatic N) is 1. The lowest BCUT2D eigenvalue weighted by Gasteiger charge is -2.27. The van der Waals surface area contributed by atoms with Crippen LogP contribution >= 0.6 is 0 Å². The second-order valence-electron chi connectivity index (χ2n) is 8.80. The largest absolute Gasteiger partial charge is 0.491 e. The number of hydrogen-bond donors (Lipinski definition) is 3. The molecule has 1 fully saturated rings. The predicted octanol–water partition coefficient (Wildman–Crippen LogP) is 2.48. The molecule has 1 aromatic carbocycles. The fourth-order valence-corrected chi connectivity index (χ4v) is 4.57. The number of hydrogen-bond acceptors (Lipinski definition) is 5. The van der Waals surface area contributed by atoms with E-state index in [0.29, 0.717) is 32.4 Å². The molecule has 3 N–H and O–H groups in total. The van der Waals surface area contributed by atoms with Crippen molar-refractivity contribution < 1.29 is 29.0 Å². The van der Waals surface area contributed by atoms with E-state index in [-0.39, 0.29) is 24.7 Å². The highest BCUT2D eigenvalue weighted by molar-refractivity contribution is 5.87. The minimum Gasteiger partial charge on any atom is -0.491 e. The molecule has 2 atom stereocenters. The zero-order chi connectivity index (χ0) is 23.6. The summed E-state index contributed by atoms with van der Waals surface area (Å²) in [5.41, 5.74) is 0.925. The summed E-state index contributed by atoms with van der Waals surface area (Å²) in [6.07, 6.45) is 5.25. The third-order valence-corrected chi connectivity index (χ3v) is 6.37. The Labute approximate surface area is 193 Å². The molecule has 1 aromatic rings. The topological polar surface area (TPSA) is 125 Å². The van der Waals surface area contributed by atoms with Gasteiger partial charge in [0.15, 0.2) is 0 Å². The van der Waals surface area contributed by atoms with Crippen LogP contribution in [0.2, 0.25) is 0 Å². The summed E-state index contributed by atoms with van der Waals surface area (Å²) in [5.74, 6) is 0.398. The highest BCUT2D eigenvalue weighted by atomic mass is 16.5. The molecule has 2 aliphatic rings. The summed E-state index contributed by atoms with van der Waals surface area (Å²) in [7, 11) is 0. The molecule has 0 radical (unpaired) electrons. The van der Waals surface area contributed by atoms with Gasteiger partial charge in [-0.05, 0) is 24.8 Å². The van der Waals surface area contributed by atoms with Gasteiger partial charge in [-0.2, -0.15) is 0 Å². The van der Waals surface area contributed by atoms with E-state index >= 15 is 0 Å². The first kappa shape index (κ1) is 24.5. The van der Waals surface area contributed by atoms with Gasteiger partial charge in [-0.25, -0.2) is 4.79 Å². The predicted molar refractivity (Wildman–Crippen MR) is 121 cm³/mol. The Morgan fingerprint density at radius 2 is 1.91 bits per heavy atom. The number of aldehydes is 1. The highest BCUT2D eigenvalue weighted by Crippen LogP contribution is 2.27. The maximum absolute atomic E-state index is 12.8. The maximum Gasteiger partial charge on any atom is 0.405 e. The number of fused-ring (bicyclic) bond motifs is 1. The number of benzene rings is 1. The number of carboxylic acid groups (broad SMARTS) is 1. The number of rotatable bonds is 9. The van der Waals surface area contributed by atoms with E-state index in [1.54, 1.807) is 4.90 Å². The van der Waals surface area contributed by atoms with Crippen LogP contribution in [-0.4, -0.2) is 59.4 Å². The minimum atomic E-state index is -1.27. The summed E-state index contributed by atoms with van der Waals surface area (Å²) in [5, 5.41) is 14.1. The molecule has 1 saturated carbocycles. The second kappa shape index (κ2) is 12.2. The number of nitrogens with one attached hydrogen (secondary N) is 2. The van der Waals surface area contributed by atoms with Gasteiger partial charge in [0.2, 0.25) is 11.8 Å². The van der Waals surface area contributed by atoms with Gasteiger partial charge < -0.3 is 30.2 Å². The van der Waals surface area contributed by atoms with Crippen molar-refractivity contribution in [1.29, 1.82) is 0 Å². The first-order chi connectivity index (χ1) is 16.0. The van der Waals surface area contributed by atoms with Crippen molar-refractivity contribution in [2.75, 3.05) is 13.2 Å². The summed E-state index contributed by atoms with van der Waals surface area (Å²) in [4.78, 5) is 50.0. The average Bonchev–Trinajstić information content (AvgIpc) is 3.04. The smallest absolute Gasteiger partial charge is 0.405 e. The molecule has 1 heterocycles. The van der Waals surface area contributed by atoms with E-state index in [1.165, 1.54) is 0 Å². The van der Waals surface area contributed by atoms with Crippen LogP contribution in [0.1, 0.15) is 56.9 Å². The first-order valence-corrected chi connectivity index (χ1v) is 11.7. The van der Waals surface area contributed by atoms with Crippen molar-refractivity contribution >= 4 is 24.2 Å². The Hall–Kier alpha value is -3.10. The van der Waals surface area contributed by atoms with E-state index in [4.69, 9.17) is 9.84 Å². The number of carbonyl (C=O) groups is 4. The van der Waals surface area contributed by atoms with Gasteiger partial charge in [0.1, 0.15) is 24.7 Å². The van der Waals surface area contributed by atoms with Crippen molar-refractivity contribution in [3.8, 4) is 5.75 Å². The molecule has 180 valence electrons. The lowest BCUT2D eigenvalue weighted by molar-refractivity contribution is -0.132. The quantitative estimate of drug-likeness (QED) is 0.487. The SMILES string of the molecule is O=C[C@H](CCC(=O)N1CCOc2ccccc2C1)NC(=O)[C@H](CC1CCCCC1)NC(=O)O. The zero-order valence-corrected chi connectivity index (χ0v) is 18.8. The van der Waals surface area contributed by atoms with Crippen LogP contribution in [0.15, 0.2) is 24.3 Å². The molecule has 9 heteroatoms. The lowest BCUT2D eigenvalue weighted by atomic mass is 9.84. The lowest BCUT2D eigenvalue weighted by Crippen LogP contribution is -2.50. The van der Waals surface area contributed by atoms with Gasteiger partial charge in [0, 0.05) is 18.5 Å². The molecule has 3 amide bonds. The molecule has 9 nitrogen and oxygen atoms in total. The van der Waals surface area contributed by atoms with Gasteiger partial charge in [-0.15, -0.1) is 0 Å². The third kappa shape index (κ3) is 7.47. The van der Waals surface area contributed by atoms with Crippen molar-refractivity contribution in [2.45, 2.75) is 70.0 Å². The molecular formula is C24H33N3O6. The minimum absolute atomic E-state index is 0.0888. The van der Waals surface area contributed by atoms with Crippen molar-refractivity contribution in [3.63, 3.8) is 0 Å². The molecule has 0 unspecified atom stereocenters. The molecular weight excluding hydrogens is 426 g/mol. The molecule has 1 aliphatic heterocycles. The van der Waals surface area contributed by atoms with Crippen LogP contribution in [0.3, 0.4) is 0 Å². The van der Waals surface area contributed by atoms with Crippen LogP contribution in [0.4, 0.5) is 4.79 Å². The molecule has 0 bridgehead atoms. The van der Waals surface area contributed by atoms with Crippen LogP contribution in [0.25, 0.3) is 0 Å². The fraction of sp³-hybridized carbons (Fsp3) is 0.583. The monoisotopic (exact) mass is 459 g/mol. The van der Waals surface area contributed by atoms with E-state index in [0.717, 1.165) is 43.4 Å². The van der Waals surface area contributed by atoms with Crippen LogP contribution in [-0.2, 0) is 20.9 Å². The number of carbonyl (C=O) groups excluding carboxylic acids is 3. The van der Waals surface area contributed by atoms with Gasteiger partial charge in [0.25, 0.3) is 0 Å². The van der Waals surface area contributed by atoms with Gasteiger partial charge >= 0.3 is 6.09 Å². The Bertz CT molecular complexity index is 839. The Balaban J connectivity index is 1.52. The standard InChI is InChI=1S/C24H33N3O6/c28-16-19(25-23(30)20(26-24(31)32)14-17-6-2-1-3-7-17)10-11-22(29)27-12-13-33-21-9-5-4-8-18(21)15-27/h4-5,8-9,16-17,19-20,26H,1-3,6-7,10-15H2,(H,25,30)(H,31,32)/t19-,20-/m0/s1. The number of amides is 3. The maximum atomic E-state index is 12.8. The van der Waals surface area contributed by atoms with Crippen LogP contribution < -0.4 is 15.4 Å². The van der Waals surface area contributed by atoms with Crippen molar-refractivity contribution in [2.24, 2.45) is 5.92 Å². The Morgan fingerprint density at radius 1 is 1.15 bits per heavy atom. The Morgan fingerprint density at radius 3 is 2.64 bits per heavy atom. The average molecular weight is 460 g/mol. The molecule has 33 heavy (non-hydrogen) atoms. The van der Waals surface area contributed by atoms with E-state index in [2.05, 4.69) is 10.6 Å². The Kier molecular flexibility index (Phi) is 9.09. The molecule has 0 saturated heterocycles. The highest BCUT2D eigenvalue weighted by Gasteiger charge is 2.28. The zero-order valence-electron chi connectivity index (χ0n) is 18.8. The summed E-state index contributed by atoms with van der Waals surface area (Å²) >= 11 is 0. The van der Waals surface area contributed by atoms with Crippen molar-refractivity contribution in [3.05, 3.63) is 29.8 Å². The normalized spacial score (nSPS) is 18.1. The fourth-order valence-electron chi connectivity index (χ4n) is 4.57. The van der Waals surface area contributed by atoms with Crippen molar-refractivity contribution in [1.82, 2.24) is 15.5 Å². The second-order valence-corrected chi connectivity index (χ2v) is 8.80. The van der Waals surface area contributed by atoms with Crippen LogP contribution in [0, 0.1) is 5.92 Å². The molecule has 0 aromatic heterocycles. The number of ether oxygens (including phenoxy) is 1. The van der Waals surface area contributed by atoms with E-state index in [9.17, 15) is 19.2 Å². The summed E-state index contributed by atoms with van der Waals surface area (Å²) < 4.78 is 5.69. The summed E-state index contributed by atoms with van der Waals surface area (Å²) in [6, 6.07) is 5.79. The van der Waals surface area contributed by atoms with Gasteiger partial charge in [0.05, 0.1) is 12.6 Å². The van der Waals surface area contributed by atoms with Gasteiger partial charge in [-0.1, -0.05) is 50.3 Å². The van der Waals surface area contributed by atoms with E-state index in [1.807, 2.05) is 24.3 Å². The molecule has 0 spiro atoms. The van der Waals surface area contributed by atoms with E-state index < -0.39 is 24.1 Å². The molecule has 1 aliphatic carbocycles. The van der Waals surface area contributed by atoms with Crippen LogP contribution in [0.5, 0.6) is 5.75 Å². The summed E-state index contributed by atoms with van der Waals surface area (Å²) in [6.45, 7) is 1.26. The molecule has 3 rings (SSSR count). The third-order valence-electron chi connectivity index (χ3n) is 6.37.